The van der Waals surface area contributed by atoms with Gasteiger partial charge in [0.2, 0.25) is 0 Å². The molecule has 1 aliphatic rings. The number of hydrogen-bond acceptors (Lipinski definition) is 2. The van der Waals surface area contributed by atoms with Crippen molar-refractivity contribution in [2.24, 2.45) is 0 Å². The van der Waals surface area contributed by atoms with E-state index >= 15 is 0 Å². The second-order valence-corrected chi connectivity index (χ2v) is 5.11. The number of hydrogen-bond donors (Lipinski definition) is 1. The first kappa shape index (κ1) is 13.3. The Morgan fingerprint density at radius 1 is 1.33 bits per heavy atom. The molecule has 0 amide bonds. The molecule has 1 aliphatic heterocycles. The Morgan fingerprint density at radius 2 is 2.17 bits per heavy atom. The summed E-state index contributed by atoms with van der Waals surface area (Å²) in [5, 5.41) is 9.17. The minimum atomic E-state index is -0.252. The molecule has 1 atom stereocenters. The van der Waals surface area contributed by atoms with Gasteiger partial charge in [-0.2, -0.15) is 0 Å². The fraction of sp³-hybridized carbons (Fsp3) is 0.600. The molecule has 0 spiro atoms. The molecular formula is C15H22FNO. The standard InChI is InChI=1S/C15H22FNO/c1-2-5-14-6-3-4-7-17(14)15-9-12(11-18)8-13(16)10-15/h8-10,14,18H,2-7,11H2,1H3. The van der Waals surface area contributed by atoms with Crippen LogP contribution in [0, 0.1) is 5.82 Å². The number of aliphatic hydroxyl groups excluding tert-OH is 1. The number of aliphatic hydroxyl groups is 1. The normalized spacial score (nSPS) is 20.2. The average molecular weight is 251 g/mol. The maximum Gasteiger partial charge on any atom is 0.125 e. The van der Waals surface area contributed by atoms with Crippen molar-refractivity contribution in [3.05, 3.63) is 29.6 Å². The van der Waals surface area contributed by atoms with Crippen LogP contribution in [0.25, 0.3) is 0 Å². The van der Waals surface area contributed by atoms with Crippen LogP contribution >= 0.6 is 0 Å². The smallest absolute Gasteiger partial charge is 0.125 e. The maximum absolute atomic E-state index is 13.5. The Hall–Kier alpha value is -1.09. The van der Waals surface area contributed by atoms with Crippen molar-refractivity contribution in [2.45, 2.75) is 51.7 Å². The highest BCUT2D eigenvalue weighted by molar-refractivity contribution is 5.50. The van der Waals surface area contributed by atoms with Crippen LogP contribution in [0.3, 0.4) is 0 Å². The Kier molecular flexibility index (Phi) is 4.59. The van der Waals surface area contributed by atoms with Gasteiger partial charge in [-0.1, -0.05) is 13.3 Å². The van der Waals surface area contributed by atoms with Crippen LogP contribution in [0.15, 0.2) is 18.2 Å². The highest BCUT2D eigenvalue weighted by atomic mass is 19.1. The summed E-state index contributed by atoms with van der Waals surface area (Å²) in [6, 6.07) is 5.43. The van der Waals surface area contributed by atoms with Crippen molar-refractivity contribution in [1.82, 2.24) is 0 Å². The van der Waals surface area contributed by atoms with Crippen LogP contribution in [0.2, 0.25) is 0 Å². The summed E-state index contributed by atoms with van der Waals surface area (Å²) in [5.74, 6) is -0.252. The fourth-order valence-electron chi connectivity index (χ4n) is 2.86. The van der Waals surface area contributed by atoms with Crippen LogP contribution < -0.4 is 4.90 Å². The van der Waals surface area contributed by atoms with Gasteiger partial charge < -0.3 is 10.0 Å². The van der Waals surface area contributed by atoms with Crippen LogP contribution in [0.1, 0.15) is 44.6 Å². The van der Waals surface area contributed by atoms with Gasteiger partial charge in [-0.05, 0) is 49.4 Å². The molecule has 1 N–H and O–H groups in total. The number of nitrogens with zero attached hydrogens (tertiary/aromatic N) is 1. The number of rotatable bonds is 4. The predicted molar refractivity (Wildman–Crippen MR) is 72.2 cm³/mol. The fourth-order valence-corrected chi connectivity index (χ4v) is 2.86. The summed E-state index contributed by atoms with van der Waals surface area (Å²) < 4.78 is 13.5. The highest BCUT2D eigenvalue weighted by Crippen LogP contribution is 2.28. The minimum Gasteiger partial charge on any atom is -0.392 e. The first-order valence-corrected chi connectivity index (χ1v) is 6.91. The van der Waals surface area contributed by atoms with Crippen molar-refractivity contribution in [2.75, 3.05) is 11.4 Å². The Balaban J connectivity index is 2.24. The van der Waals surface area contributed by atoms with Gasteiger partial charge in [0, 0.05) is 18.3 Å². The summed E-state index contributed by atoms with van der Waals surface area (Å²) in [6.45, 7) is 3.09. The van der Waals surface area contributed by atoms with Crippen LogP contribution in [-0.2, 0) is 6.61 Å². The summed E-state index contributed by atoms with van der Waals surface area (Å²) in [5.41, 5.74) is 1.59. The molecule has 1 heterocycles. The van der Waals surface area contributed by atoms with Crippen LogP contribution in [0.5, 0.6) is 0 Å². The zero-order valence-corrected chi connectivity index (χ0v) is 11.0. The Morgan fingerprint density at radius 3 is 2.89 bits per heavy atom. The van der Waals surface area contributed by atoms with E-state index in [1.54, 1.807) is 6.07 Å². The molecule has 0 aromatic heterocycles. The summed E-state index contributed by atoms with van der Waals surface area (Å²) >= 11 is 0. The number of benzene rings is 1. The van der Waals surface area contributed by atoms with Gasteiger partial charge in [-0.25, -0.2) is 4.39 Å². The predicted octanol–water partition coefficient (Wildman–Crippen LogP) is 3.48. The number of halogens is 1. The summed E-state index contributed by atoms with van der Waals surface area (Å²) in [4.78, 5) is 2.31. The average Bonchev–Trinajstić information content (AvgIpc) is 2.39. The van der Waals surface area contributed by atoms with E-state index in [1.807, 2.05) is 6.07 Å². The van der Waals surface area contributed by atoms with Crippen molar-refractivity contribution < 1.29 is 9.50 Å². The lowest BCUT2D eigenvalue weighted by Gasteiger charge is -2.38. The lowest BCUT2D eigenvalue weighted by atomic mass is 9.97. The molecule has 3 heteroatoms. The second kappa shape index (κ2) is 6.19. The first-order chi connectivity index (χ1) is 8.74. The molecule has 0 radical (unpaired) electrons. The molecule has 2 nitrogen and oxygen atoms in total. The zero-order chi connectivity index (χ0) is 13.0. The van der Waals surface area contributed by atoms with E-state index in [-0.39, 0.29) is 12.4 Å². The molecule has 1 saturated heterocycles. The van der Waals surface area contributed by atoms with Crippen LogP contribution in [0.4, 0.5) is 10.1 Å². The monoisotopic (exact) mass is 251 g/mol. The van der Waals surface area contributed by atoms with Gasteiger partial charge in [-0.15, -0.1) is 0 Å². The third-order valence-electron chi connectivity index (χ3n) is 3.71. The van der Waals surface area contributed by atoms with E-state index in [4.69, 9.17) is 5.11 Å². The quantitative estimate of drug-likeness (QED) is 0.885. The summed E-state index contributed by atoms with van der Waals surface area (Å²) in [7, 11) is 0. The lowest BCUT2D eigenvalue weighted by molar-refractivity contribution is 0.281. The summed E-state index contributed by atoms with van der Waals surface area (Å²) in [6.07, 6.45) is 5.95. The van der Waals surface area contributed by atoms with Gasteiger partial charge in [-0.3, -0.25) is 0 Å². The first-order valence-electron chi connectivity index (χ1n) is 6.91. The molecule has 0 saturated carbocycles. The van der Waals surface area contributed by atoms with Gasteiger partial charge in [0.15, 0.2) is 0 Å². The van der Waals surface area contributed by atoms with E-state index in [1.165, 1.54) is 25.3 Å². The van der Waals surface area contributed by atoms with Gasteiger partial charge in [0.05, 0.1) is 6.61 Å². The van der Waals surface area contributed by atoms with E-state index in [9.17, 15) is 4.39 Å². The van der Waals surface area contributed by atoms with Gasteiger partial charge in [0.1, 0.15) is 5.82 Å². The molecular weight excluding hydrogens is 229 g/mol. The van der Waals surface area contributed by atoms with E-state index in [2.05, 4.69) is 11.8 Å². The minimum absolute atomic E-state index is 0.100. The zero-order valence-electron chi connectivity index (χ0n) is 11.0. The molecule has 1 fully saturated rings. The van der Waals surface area contributed by atoms with Crippen LogP contribution in [-0.4, -0.2) is 17.7 Å². The number of anilines is 1. The Bertz CT molecular complexity index is 392. The van der Waals surface area contributed by atoms with E-state index in [0.717, 1.165) is 25.1 Å². The van der Waals surface area contributed by atoms with Gasteiger partial charge >= 0.3 is 0 Å². The van der Waals surface area contributed by atoms with Gasteiger partial charge in [0.25, 0.3) is 0 Å². The van der Waals surface area contributed by atoms with E-state index in [0.29, 0.717) is 11.6 Å². The highest BCUT2D eigenvalue weighted by Gasteiger charge is 2.22. The van der Waals surface area contributed by atoms with Crippen molar-refractivity contribution >= 4 is 5.69 Å². The maximum atomic E-state index is 13.5. The third-order valence-corrected chi connectivity index (χ3v) is 3.71. The third kappa shape index (κ3) is 3.02. The largest absolute Gasteiger partial charge is 0.392 e. The second-order valence-electron chi connectivity index (χ2n) is 5.11. The molecule has 1 unspecified atom stereocenters. The molecule has 100 valence electrons. The molecule has 0 aliphatic carbocycles. The molecule has 1 aromatic carbocycles. The topological polar surface area (TPSA) is 23.5 Å². The Labute approximate surface area is 108 Å². The molecule has 18 heavy (non-hydrogen) atoms. The number of piperidine rings is 1. The van der Waals surface area contributed by atoms with Crippen molar-refractivity contribution in [3.63, 3.8) is 0 Å². The van der Waals surface area contributed by atoms with Crippen molar-refractivity contribution in [1.29, 1.82) is 0 Å². The SMILES string of the molecule is CCCC1CCCCN1c1cc(F)cc(CO)c1. The molecule has 2 rings (SSSR count). The van der Waals surface area contributed by atoms with Crippen molar-refractivity contribution in [3.8, 4) is 0 Å². The lowest BCUT2D eigenvalue weighted by Crippen LogP contribution is -2.39. The molecule has 0 bridgehead atoms. The molecule has 1 aromatic rings. The van der Waals surface area contributed by atoms with E-state index < -0.39 is 0 Å².